The molecule has 1 N–H and O–H groups in total. The van der Waals surface area contributed by atoms with E-state index in [4.69, 9.17) is 4.74 Å². The first-order valence-electron chi connectivity index (χ1n) is 6.37. The number of rotatable bonds is 4. The third kappa shape index (κ3) is 3.40. The number of amides is 1. The predicted octanol–water partition coefficient (Wildman–Crippen LogP) is 3.29. The van der Waals surface area contributed by atoms with E-state index in [1.165, 1.54) is 0 Å². The van der Waals surface area contributed by atoms with Gasteiger partial charge < -0.3 is 4.74 Å². The lowest BCUT2D eigenvalue weighted by atomic mass is 10.2. The molecule has 1 amide bonds. The number of fused-ring (bicyclic) bond motifs is 1. The number of carbonyl (C=O) groups excluding carboxylic acids is 1. The van der Waals surface area contributed by atoms with E-state index >= 15 is 0 Å². The highest BCUT2D eigenvalue weighted by molar-refractivity contribution is 5.89. The van der Waals surface area contributed by atoms with Crippen molar-refractivity contribution in [3.8, 4) is 0 Å². The predicted molar refractivity (Wildman–Crippen MR) is 74.2 cm³/mol. The second-order valence-corrected chi connectivity index (χ2v) is 4.29. The van der Waals surface area contributed by atoms with Gasteiger partial charge >= 0.3 is 6.09 Å². The van der Waals surface area contributed by atoms with Crippen molar-refractivity contribution in [2.75, 3.05) is 11.9 Å². The lowest BCUT2D eigenvalue weighted by Crippen LogP contribution is -2.15. The van der Waals surface area contributed by atoms with Gasteiger partial charge in [0.15, 0.2) is 5.65 Å². The van der Waals surface area contributed by atoms with E-state index in [-0.39, 0.29) is 0 Å². The molecule has 2 rings (SSSR count). The van der Waals surface area contributed by atoms with Gasteiger partial charge in [-0.25, -0.2) is 14.8 Å². The van der Waals surface area contributed by atoms with Crippen LogP contribution < -0.4 is 5.32 Å². The molecule has 100 valence electrons. The van der Waals surface area contributed by atoms with Crippen molar-refractivity contribution in [3.63, 3.8) is 0 Å². The number of nitrogens with one attached hydrogen (secondary N) is 1. The Balaban J connectivity index is 2.11. The number of aryl methyl sites for hydroxylation is 1. The molecule has 0 aliphatic heterocycles. The number of hydrogen-bond donors (Lipinski definition) is 1. The van der Waals surface area contributed by atoms with E-state index in [0.717, 1.165) is 23.9 Å². The first-order chi connectivity index (χ1) is 9.20. The molecule has 0 saturated carbocycles. The molecule has 0 aromatic carbocycles. The maximum absolute atomic E-state index is 11.6. The number of pyridine rings is 2. The van der Waals surface area contributed by atoms with Gasteiger partial charge in [-0.15, -0.1) is 0 Å². The Morgan fingerprint density at radius 2 is 2.32 bits per heavy atom. The van der Waals surface area contributed by atoms with Gasteiger partial charge in [-0.2, -0.15) is 0 Å². The molecule has 0 unspecified atom stereocenters. The molecule has 0 bridgehead atoms. The molecule has 0 spiro atoms. The minimum atomic E-state index is -0.443. The molecule has 5 heteroatoms. The molecule has 0 fully saturated rings. The second kappa shape index (κ2) is 6.13. The number of anilines is 1. The zero-order chi connectivity index (χ0) is 13.7. The third-order valence-electron chi connectivity index (χ3n) is 2.75. The van der Waals surface area contributed by atoms with Gasteiger partial charge in [0.2, 0.25) is 0 Å². The summed E-state index contributed by atoms with van der Waals surface area (Å²) in [7, 11) is 0. The van der Waals surface area contributed by atoms with Gasteiger partial charge in [0, 0.05) is 11.6 Å². The maximum Gasteiger partial charge on any atom is 0.411 e. The van der Waals surface area contributed by atoms with Gasteiger partial charge in [-0.05, 0) is 31.5 Å². The second-order valence-electron chi connectivity index (χ2n) is 4.29. The normalized spacial score (nSPS) is 10.4. The fraction of sp³-hybridized carbons (Fsp3) is 0.357. The Bertz CT molecular complexity index is 584. The standard InChI is InChI=1S/C14H17N3O2/c1-3-4-8-19-14(18)17-12-9-11-6-5-7-15-13(11)16-10(12)2/h5-7,9H,3-4,8H2,1-2H3,(H,17,18). The van der Waals surface area contributed by atoms with Crippen molar-refractivity contribution in [1.82, 2.24) is 9.97 Å². The summed E-state index contributed by atoms with van der Waals surface area (Å²) in [5, 5.41) is 3.60. The molecule has 0 saturated heterocycles. The zero-order valence-electron chi connectivity index (χ0n) is 11.1. The monoisotopic (exact) mass is 259 g/mol. The van der Waals surface area contributed by atoms with Crippen molar-refractivity contribution < 1.29 is 9.53 Å². The zero-order valence-corrected chi connectivity index (χ0v) is 11.1. The first kappa shape index (κ1) is 13.3. The number of carbonyl (C=O) groups is 1. The molecule has 2 aromatic heterocycles. The lowest BCUT2D eigenvalue weighted by Gasteiger charge is -2.09. The maximum atomic E-state index is 11.6. The van der Waals surface area contributed by atoms with E-state index in [1.54, 1.807) is 6.20 Å². The summed E-state index contributed by atoms with van der Waals surface area (Å²) in [6.45, 7) is 4.31. The number of nitrogens with zero attached hydrogens (tertiary/aromatic N) is 2. The van der Waals surface area contributed by atoms with Crippen LogP contribution in [0.2, 0.25) is 0 Å². The average molecular weight is 259 g/mol. The molecule has 0 radical (unpaired) electrons. The molecule has 0 atom stereocenters. The van der Waals surface area contributed by atoms with Crippen molar-refractivity contribution in [2.45, 2.75) is 26.7 Å². The van der Waals surface area contributed by atoms with Crippen LogP contribution in [0.4, 0.5) is 10.5 Å². The van der Waals surface area contributed by atoms with Crippen molar-refractivity contribution in [3.05, 3.63) is 30.1 Å². The fourth-order valence-corrected chi connectivity index (χ4v) is 1.68. The Morgan fingerprint density at radius 3 is 3.11 bits per heavy atom. The van der Waals surface area contributed by atoms with Crippen LogP contribution in [0, 0.1) is 6.92 Å². The number of hydrogen-bond acceptors (Lipinski definition) is 4. The average Bonchev–Trinajstić information content (AvgIpc) is 2.40. The number of unbranched alkanes of at least 4 members (excludes halogenated alkanes) is 1. The minimum Gasteiger partial charge on any atom is -0.449 e. The first-order valence-corrected chi connectivity index (χ1v) is 6.37. The lowest BCUT2D eigenvalue weighted by molar-refractivity contribution is 0.160. The smallest absolute Gasteiger partial charge is 0.411 e. The molecule has 19 heavy (non-hydrogen) atoms. The fourth-order valence-electron chi connectivity index (χ4n) is 1.68. The SMILES string of the molecule is CCCCOC(=O)Nc1cc2cccnc2nc1C. The van der Waals surface area contributed by atoms with E-state index in [2.05, 4.69) is 15.3 Å². The largest absolute Gasteiger partial charge is 0.449 e. The highest BCUT2D eigenvalue weighted by atomic mass is 16.5. The number of aromatic nitrogens is 2. The molecule has 2 heterocycles. The molecule has 0 aliphatic rings. The van der Waals surface area contributed by atoms with Gasteiger partial charge in [0.05, 0.1) is 18.0 Å². The van der Waals surface area contributed by atoms with Gasteiger partial charge in [-0.1, -0.05) is 13.3 Å². The molecule has 0 aliphatic carbocycles. The Morgan fingerprint density at radius 1 is 1.47 bits per heavy atom. The quantitative estimate of drug-likeness (QED) is 0.856. The van der Waals surface area contributed by atoms with Crippen LogP contribution in [-0.2, 0) is 4.74 Å². The van der Waals surface area contributed by atoms with Crippen LogP contribution in [0.5, 0.6) is 0 Å². The van der Waals surface area contributed by atoms with Gasteiger partial charge in [0.1, 0.15) is 0 Å². The van der Waals surface area contributed by atoms with Crippen molar-refractivity contribution in [2.24, 2.45) is 0 Å². The van der Waals surface area contributed by atoms with Crippen LogP contribution in [0.3, 0.4) is 0 Å². The van der Waals surface area contributed by atoms with E-state index in [1.807, 2.05) is 32.0 Å². The molecular weight excluding hydrogens is 242 g/mol. The highest BCUT2D eigenvalue weighted by Crippen LogP contribution is 2.19. The van der Waals surface area contributed by atoms with Crippen molar-refractivity contribution in [1.29, 1.82) is 0 Å². The summed E-state index contributed by atoms with van der Waals surface area (Å²) in [6, 6.07) is 5.59. The van der Waals surface area contributed by atoms with Crippen LogP contribution in [-0.4, -0.2) is 22.7 Å². The van der Waals surface area contributed by atoms with Gasteiger partial charge in [-0.3, -0.25) is 5.32 Å². The van der Waals surface area contributed by atoms with E-state index < -0.39 is 6.09 Å². The Kier molecular flexibility index (Phi) is 4.28. The molecule has 5 nitrogen and oxygen atoms in total. The van der Waals surface area contributed by atoms with E-state index in [9.17, 15) is 4.79 Å². The summed E-state index contributed by atoms with van der Waals surface area (Å²) in [5.41, 5.74) is 2.05. The van der Waals surface area contributed by atoms with Crippen LogP contribution in [0.1, 0.15) is 25.5 Å². The van der Waals surface area contributed by atoms with Gasteiger partial charge in [0.25, 0.3) is 0 Å². The third-order valence-corrected chi connectivity index (χ3v) is 2.75. The summed E-state index contributed by atoms with van der Waals surface area (Å²) in [6.07, 6.45) is 3.12. The van der Waals surface area contributed by atoms with Crippen LogP contribution >= 0.6 is 0 Å². The van der Waals surface area contributed by atoms with Crippen LogP contribution in [0.25, 0.3) is 11.0 Å². The highest BCUT2D eigenvalue weighted by Gasteiger charge is 2.08. The minimum absolute atomic E-state index is 0.434. The topological polar surface area (TPSA) is 64.1 Å². The Labute approximate surface area is 112 Å². The summed E-state index contributed by atoms with van der Waals surface area (Å²) in [5.74, 6) is 0. The molecular formula is C14H17N3O2. The number of ether oxygens (including phenoxy) is 1. The van der Waals surface area contributed by atoms with Crippen LogP contribution in [0.15, 0.2) is 24.4 Å². The van der Waals surface area contributed by atoms with Crippen molar-refractivity contribution >= 4 is 22.8 Å². The Hall–Kier alpha value is -2.17. The van der Waals surface area contributed by atoms with E-state index in [0.29, 0.717) is 17.9 Å². The molecule has 2 aromatic rings. The summed E-state index contributed by atoms with van der Waals surface area (Å²) >= 11 is 0. The summed E-state index contributed by atoms with van der Waals surface area (Å²) in [4.78, 5) is 20.1. The summed E-state index contributed by atoms with van der Waals surface area (Å²) < 4.78 is 5.06.